The van der Waals surface area contributed by atoms with Gasteiger partial charge in [0, 0.05) is 0 Å². The molecule has 2 aliphatic rings. The van der Waals surface area contributed by atoms with E-state index in [-0.39, 0.29) is 0 Å². The van der Waals surface area contributed by atoms with Gasteiger partial charge in [0.2, 0.25) is 0 Å². The van der Waals surface area contributed by atoms with Crippen molar-refractivity contribution in [3.8, 4) is 0 Å². The van der Waals surface area contributed by atoms with E-state index in [0.29, 0.717) is 0 Å². The molecule has 0 aromatic rings. The van der Waals surface area contributed by atoms with Gasteiger partial charge in [-0.05, 0) is 0 Å². The molecule has 0 aromatic heterocycles. The Morgan fingerprint density at radius 2 is 2.00 bits per heavy atom. The third-order valence-corrected chi connectivity index (χ3v) is 4.22. The van der Waals surface area contributed by atoms with Crippen LogP contribution < -0.4 is 0 Å². The molecule has 2 rings (SSSR count). The first-order chi connectivity index (χ1) is 3.86. The Morgan fingerprint density at radius 1 is 1.12 bits per heavy atom. The molecule has 0 nitrogen and oxygen atoms in total. The van der Waals surface area contributed by atoms with E-state index in [0.717, 1.165) is 16.6 Å². The maximum atomic E-state index is 2.42. The van der Waals surface area contributed by atoms with Gasteiger partial charge in [-0.1, -0.05) is 0 Å². The quantitative estimate of drug-likeness (QED) is 0.483. The van der Waals surface area contributed by atoms with Gasteiger partial charge in [0.25, 0.3) is 0 Å². The molecule has 2 saturated carbocycles. The summed E-state index contributed by atoms with van der Waals surface area (Å²) in [6.07, 6.45) is 6.21. The van der Waals surface area contributed by atoms with E-state index in [4.69, 9.17) is 0 Å². The Labute approximate surface area is 59.3 Å². The van der Waals surface area contributed by atoms with E-state index in [9.17, 15) is 0 Å². The molecule has 3 radical (unpaired) electrons. The summed E-state index contributed by atoms with van der Waals surface area (Å²) in [6, 6.07) is 0. The van der Waals surface area contributed by atoms with Gasteiger partial charge in [0.1, 0.15) is 0 Å². The van der Waals surface area contributed by atoms with Crippen LogP contribution in [-0.4, -0.2) is 16.5 Å². The van der Waals surface area contributed by atoms with Crippen LogP contribution in [0.5, 0.6) is 0 Å². The van der Waals surface area contributed by atoms with Gasteiger partial charge in [-0.15, -0.1) is 0 Å². The standard InChI is InChI=1S/C7H11Ge/c8-7-4-5-1-2-6(7)3-5/h5-7H,1-4H2. The third-order valence-electron chi connectivity index (χ3n) is 2.74. The fraction of sp³-hybridized carbons (Fsp3) is 1.00. The minimum atomic E-state index is 1.08. The summed E-state index contributed by atoms with van der Waals surface area (Å²) in [5.74, 6) is 2.29. The summed E-state index contributed by atoms with van der Waals surface area (Å²) in [5, 5.41) is 0. The van der Waals surface area contributed by atoms with Crippen molar-refractivity contribution < 1.29 is 0 Å². The Balaban J connectivity index is 2.11. The van der Waals surface area contributed by atoms with Crippen molar-refractivity contribution in [2.24, 2.45) is 11.8 Å². The van der Waals surface area contributed by atoms with Crippen molar-refractivity contribution in [3.63, 3.8) is 0 Å². The fourth-order valence-corrected chi connectivity index (χ4v) is 3.58. The van der Waals surface area contributed by atoms with Crippen molar-refractivity contribution >= 4 is 16.5 Å². The molecule has 43 valence electrons. The van der Waals surface area contributed by atoms with E-state index >= 15 is 0 Å². The van der Waals surface area contributed by atoms with Crippen LogP contribution in [0, 0.1) is 11.8 Å². The molecule has 0 amide bonds. The molecule has 2 bridgehead atoms. The zero-order valence-corrected chi connectivity index (χ0v) is 7.16. The minimum absolute atomic E-state index is 1.08. The summed E-state index contributed by atoms with van der Waals surface area (Å²) in [5.41, 5.74) is 0. The second-order valence-electron chi connectivity index (χ2n) is 3.28. The molecule has 3 unspecified atom stereocenters. The van der Waals surface area contributed by atoms with Crippen LogP contribution in [0.1, 0.15) is 25.7 Å². The molecule has 3 atom stereocenters. The van der Waals surface area contributed by atoms with E-state index in [1.54, 1.807) is 25.7 Å². The Bertz CT molecular complexity index is 98.6. The Kier molecular flexibility index (Phi) is 1.17. The van der Waals surface area contributed by atoms with Crippen molar-refractivity contribution in [3.05, 3.63) is 0 Å². The predicted molar refractivity (Wildman–Crippen MR) is 35.0 cm³/mol. The Morgan fingerprint density at radius 3 is 2.25 bits per heavy atom. The van der Waals surface area contributed by atoms with Crippen LogP contribution in [-0.2, 0) is 0 Å². The summed E-state index contributed by atoms with van der Waals surface area (Å²) in [7, 11) is 0. The van der Waals surface area contributed by atoms with Gasteiger partial charge in [0.15, 0.2) is 0 Å². The third kappa shape index (κ3) is 0.653. The number of fused-ring (bicyclic) bond motifs is 2. The number of hydrogen-bond donors (Lipinski definition) is 0. The van der Waals surface area contributed by atoms with Crippen LogP contribution in [0.15, 0.2) is 0 Å². The molecular formula is C7H11Ge. The van der Waals surface area contributed by atoms with Gasteiger partial charge < -0.3 is 0 Å². The van der Waals surface area contributed by atoms with Crippen LogP contribution in [0.25, 0.3) is 0 Å². The summed E-state index contributed by atoms with van der Waals surface area (Å²) >= 11 is 2.42. The van der Waals surface area contributed by atoms with E-state index in [2.05, 4.69) is 16.5 Å². The van der Waals surface area contributed by atoms with Crippen molar-refractivity contribution in [1.29, 1.82) is 0 Å². The fourth-order valence-electron chi connectivity index (χ4n) is 2.24. The zero-order valence-electron chi connectivity index (χ0n) is 5.06. The molecule has 0 spiro atoms. The molecule has 0 aromatic carbocycles. The topological polar surface area (TPSA) is 0 Å². The molecule has 0 saturated heterocycles. The first-order valence-electron chi connectivity index (χ1n) is 3.57. The van der Waals surface area contributed by atoms with Crippen molar-refractivity contribution in [2.75, 3.05) is 0 Å². The number of hydrogen-bond acceptors (Lipinski definition) is 0. The molecule has 2 aliphatic carbocycles. The molecule has 0 aliphatic heterocycles. The molecule has 1 heteroatoms. The average Bonchev–Trinajstić information content (AvgIpc) is 2.23. The molecule has 0 N–H and O–H groups in total. The van der Waals surface area contributed by atoms with Crippen LogP contribution in [0.3, 0.4) is 0 Å². The molecule has 8 heavy (non-hydrogen) atoms. The van der Waals surface area contributed by atoms with Gasteiger partial charge in [-0.25, -0.2) is 0 Å². The van der Waals surface area contributed by atoms with Gasteiger partial charge in [0.05, 0.1) is 0 Å². The second-order valence-corrected chi connectivity index (χ2v) is 4.84. The van der Waals surface area contributed by atoms with Gasteiger partial charge >= 0.3 is 58.8 Å². The second kappa shape index (κ2) is 1.76. The van der Waals surface area contributed by atoms with Gasteiger partial charge in [-0.3, -0.25) is 0 Å². The first kappa shape index (κ1) is 5.34. The zero-order chi connectivity index (χ0) is 5.56. The normalized spacial score (nSPS) is 52.9. The summed E-state index contributed by atoms with van der Waals surface area (Å²) < 4.78 is 1.08. The molecule has 2 fully saturated rings. The maximum absolute atomic E-state index is 2.42. The van der Waals surface area contributed by atoms with E-state index in [1.807, 2.05) is 0 Å². The van der Waals surface area contributed by atoms with Crippen LogP contribution in [0.2, 0.25) is 4.75 Å². The first-order valence-corrected chi connectivity index (χ1v) is 4.78. The number of rotatable bonds is 0. The summed E-state index contributed by atoms with van der Waals surface area (Å²) in [4.78, 5) is 0. The van der Waals surface area contributed by atoms with Crippen LogP contribution >= 0.6 is 0 Å². The Hall–Kier alpha value is 0.543. The predicted octanol–water partition coefficient (Wildman–Crippen LogP) is 1.76. The average molecular weight is 168 g/mol. The van der Waals surface area contributed by atoms with Gasteiger partial charge in [-0.2, -0.15) is 0 Å². The van der Waals surface area contributed by atoms with Crippen molar-refractivity contribution in [2.45, 2.75) is 30.4 Å². The van der Waals surface area contributed by atoms with Crippen molar-refractivity contribution in [1.82, 2.24) is 0 Å². The molecule has 0 heterocycles. The molecular weight excluding hydrogens is 157 g/mol. The summed E-state index contributed by atoms with van der Waals surface area (Å²) in [6.45, 7) is 0. The van der Waals surface area contributed by atoms with Crippen LogP contribution in [0.4, 0.5) is 0 Å². The monoisotopic (exact) mass is 169 g/mol. The van der Waals surface area contributed by atoms with E-state index < -0.39 is 0 Å². The van der Waals surface area contributed by atoms with E-state index in [1.165, 1.54) is 0 Å². The SMILES string of the molecule is [Ge][CH]1CC2CCC1C2.